The Morgan fingerprint density at radius 1 is 1.10 bits per heavy atom. The van der Waals surface area contributed by atoms with Crippen molar-refractivity contribution in [1.29, 1.82) is 0 Å². The number of nitrogens with zero attached hydrogens (tertiary/aromatic N) is 2. The summed E-state index contributed by atoms with van der Waals surface area (Å²) in [6, 6.07) is 19.8. The Bertz CT molecular complexity index is 1100. The van der Waals surface area contributed by atoms with Crippen molar-refractivity contribution in [3.63, 3.8) is 0 Å². The first-order chi connectivity index (χ1) is 14.1. The molecule has 0 saturated heterocycles. The average molecular weight is 409 g/mol. The summed E-state index contributed by atoms with van der Waals surface area (Å²) in [6.07, 6.45) is 0.282. The van der Waals surface area contributed by atoms with Crippen LogP contribution >= 0.6 is 11.6 Å². The van der Waals surface area contributed by atoms with Crippen molar-refractivity contribution in [2.24, 2.45) is 5.10 Å². The lowest BCUT2D eigenvalue weighted by atomic mass is 9.96. The van der Waals surface area contributed by atoms with Gasteiger partial charge in [-0.05, 0) is 48.0 Å². The number of hydrogen-bond donors (Lipinski definition) is 0. The lowest BCUT2D eigenvalue weighted by Gasteiger charge is -2.38. The van der Waals surface area contributed by atoms with E-state index in [1.807, 2.05) is 47.5 Å². The first-order valence-corrected chi connectivity index (χ1v) is 9.72. The van der Waals surface area contributed by atoms with Gasteiger partial charge in [-0.1, -0.05) is 35.9 Å². The topological polar surface area (TPSA) is 34.1 Å². The van der Waals surface area contributed by atoms with Gasteiger partial charge in [0.15, 0.2) is 0 Å². The van der Waals surface area contributed by atoms with E-state index in [2.05, 4.69) is 0 Å². The SMILES string of the molecule is COc1cccc([C@@H]2Oc3ccc(Cl)cc3[C@H]3CC(c4ccc(F)cc4)=NN32)c1. The Labute approximate surface area is 173 Å². The Balaban J connectivity index is 1.60. The van der Waals surface area contributed by atoms with Crippen LogP contribution in [0, 0.1) is 5.82 Å². The van der Waals surface area contributed by atoms with E-state index in [0.717, 1.165) is 33.9 Å². The molecule has 0 saturated carbocycles. The lowest BCUT2D eigenvalue weighted by Crippen LogP contribution is -2.33. The molecule has 0 aliphatic carbocycles. The number of methoxy groups -OCH3 is 1. The van der Waals surface area contributed by atoms with E-state index in [9.17, 15) is 4.39 Å². The number of ether oxygens (including phenoxy) is 2. The maximum atomic E-state index is 13.4. The molecule has 3 aromatic carbocycles. The van der Waals surface area contributed by atoms with Crippen molar-refractivity contribution >= 4 is 17.3 Å². The van der Waals surface area contributed by atoms with Gasteiger partial charge in [0, 0.05) is 22.6 Å². The zero-order valence-electron chi connectivity index (χ0n) is 15.7. The number of hydrogen-bond acceptors (Lipinski definition) is 4. The molecule has 2 aliphatic heterocycles. The molecule has 0 N–H and O–H groups in total. The van der Waals surface area contributed by atoms with Gasteiger partial charge in [0.05, 0.1) is 18.9 Å². The van der Waals surface area contributed by atoms with Crippen LogP contribution in [0.1, 0.15) is 35.4 Å². The van der Waals surface area contributed by atoms with Gasteiger partial charge in [0.1, 0.15) is 17.3 Å². The second kappa shape index (κ2) is 7.08. The number of halogens is 2. The number of fused-ring (bicyclic) bond motifs is 3. The molecule has 4 nitrogen and oxygen atoms in total. The van der Waals surface area contributed by atoms with Crippen LogP contribution in [0.4, 0.5) is 4.39 Å². The van der Waals surface area contributed by atoms with Gasteiger partial charge in [-0.2, -0.15) is 5.10 Å². The fraction of sp³-hybridized carbons (Fsp3) is 0.174. The minimum Gasteiger partial charge on any atom is -0.497 e. The van der Waals surface area contributed by atoms with Gasteiger partial charge in [0.25, 0.3) is 0 Å². The molecule has 0 aromatic heterocycles. The first kappa shape index (κ1) is 18.0. The van der Waals surface area contributed by atoms with Crippen molar-refractivity contribution in [1.82, 2.24) is 5.01 Å². The van der Waals surface area contributed by atoms with Crippen molar-refractivity contribution < 1.29 is 13.9 Å². The van der Waals surface area contributed by atoms with Crippen LogP contribution in [0.2, 0.25) is 5.02 Å². The summed E-state index contributed by atoms with van der Waals surface area (Å²) in [7, 11) is 1.64. The second-order valence-electron chi connectivity index (χ2n) is 7.08. The van der Waals surface area contributed by atoms with E-state index < -0.39 is 6.23 Å². The van der Waals surface area contributed by atoms with Gasteiger partial charge >= 0.3 is 0 Å². The summed E-state index contributed by atoms with van der Waals surface area (Å²) < 4.78 is 25.1. The zero-order valence-corrected chi connectivity index (χ0v) is 16.4. The molecule has 0 spiro atoms. The highest BCUT2D eigenvalue weighted by atomic mass is 35.5. The van der Waals surface area contributed by atoms with Gasteiger partial charge in [-0.25, -0.2) is 9.40 Å². The van der Waals surface area contributed by atoms with Gasteiger partial charge in [-0.15, -0.1) is 0 Å². The molecule has 0 bridgehead atoms. The summed E-state index contributed by atoms with van der Waals surface area (Å²) >= 11 is 6.26. The third-order valence-electron chi connectivity index (χ3n) is 5.31. The first-order valence-electron chi connectivity index (χ1n) is 9.34. The normalized spacial score (nSPS) is 19.8. The molecule has 29 heavy (non-hydrogen) atoms. The van der Waals surface area contributed by atoms with Gasteiger partial charge in [0.2, 0.25) is 6.23 Å². The minimum atomic E-state index is -0.401. The second-order valence-corrected chi connectivity index (χ2v) is 7.52. The minimum absolute atomic E-state index is 0.0197. The molecule has 146 valence electrons. The Hall–Kier alpha value is -3.05. The van der Waals surface area contributed by atoms with Crippen LogP contribution < -0.4 is 9.47 Å². The van der Waals surface area contributed by atoms with Crippen LogP contribution in [-0.2, 0) is 0 Å². The van der Waals surface area contributed by atoms with Crippen LogP contribution in [0.25, 0.3) is 0 Å². The summed E-state index contributed by atoms with van der Waals surface area (Å²) in [4.78, 5) is 0. The number of rotatable bonds is 3. The van der Waals surface area contributed by atoms with Crippen molar-refractivity contribution in [2.75, 3.05) is 7.11 Å². The third-order valence-corrected chi connectivity index (χ3v) is 5.54. The third kappa shape index (κ3) is 3.21. The standard InChI is InChI=1S/C23H18ClFN2O2/c1-28-18-4-2-3-15(11-18)23-27-21(19-12-16(24)7-10-22(19)29-23)13-20(26-27)14-5-8-17(25)9-6-14/h2-12,21,23H,13H2,1H3/t21-,23+/m1/s1. The molecule has 0 radical (unpaired) electrons. The fourth-order valence-corrected chi connectivity index (χ4v) is 4.07. The molecule has 3 aromatic rings. The Morgan fingerprint density at radius 3 is 2.72 bits per heavy atom. The Kier molecular flexibility index (Phi) is 4.40. The van der Waals surface area contributed by atoms with E-state index in [-0.39, 0.29) is 11.9 Å². The molecule has 0 amide bonds. The maximum Gasteiger partial charge on any atom is 0.214 e. The zero-order chi connectivity index (χ0) is 20.0. The summed E-state index contributed by atoms with van der Waals surface area (Å²) in [5, 5.41) is 7.49. The van der Waals surface area contributed by atoms with Crippen LogP contribution in [0.15, 0.2) is 71.8 Å². The molecule has 2 aliphatic rings. The molecular formula is C23H18ClFN2O2. The molecule has 6 heteroatoms. The van der Waals surface area contributed by atoms with Crippen LogP contribution in [0.3, 0.4) is 0 Å². The van der Waals surface area contributed by atoms with E-state index in [1.54, 1.807) is 19.2 Å². The molecule has 0 unspecified atom stereocenters. The highest BCUT2D eigenvalue weighted by molar-refractivity contribution is 6.30. The smallest absolute Gasteiger partial charge is 0.214 e. The fourth-order valence-electron chi connectivity index (χ4n) is 3.89. The van der Waals surface area contributed by atoms with Crippen molar-refractivity contribution in [2.45, 2.75) is 18.7 Å². The number of benzene rings is 3. The number of hydrazone groups is 1. The van der Waals surface area contributed by atoms with Gasteiger partial charge < -0.3 is 9.47 Å². The molecule has 5 rings (SSSR count). The van der Waals surface area contributed by atoms with Crippen molar-refractivity contribution in [3.8, 4) is 11.5 Å². The molecule has 2 heterocycles. The highest BCUT2D eigenvalue weighted by Crippen LogP contribution is 2.48. The van der Waals surface area contributed by atoms with Crippen molar-refractivity contribution in [3.05, 3.63) is 94.3 Å². The maximum absolute atomic E-state index is 13.4. The lowest BCUT2D eigenvalue weighted by molar-refractivity contribution is -0.0191. The predicted octanol–water partition coefficient (Wildman–Crippen LogP) is 5.73. The Morgan fingerprint density at radius 2 is 1.93 bits per heavy atom. The monoisotopic (exact) mass is 408 g/mol. The van der Waals surface area contributed by atoms with E-state index in [0.29, 0.717) is 11.4 Å². The predicted molar refractivity (Wildman–Crippen MR) is 110 cm³/mol. The van der Waals surface area contributed by atoms with Crippen LogP contribution in [0.5, 0.6) is 11.5 Å². The largest absolute Gasteiger partial charge is 0.497 e. The summed E-state index contributed by atoms with van der Waals surface area (Å²) in [5.41, 5.74) is 3.73. The van der Waals surface area contributed by atoms with Crippen LogP contribution in [-0.4, -0.2) is 17.8 Å². The molecular weight excluding hydrogens is 391 g/mol. The van der Waals surface area contributed by atoms with E-state index in [4.69, 9.17) is 26.2 Å². The summed E-state index contributed by atoms with van der Waals surface area (Å²) in [6.45, 7) is 0. The van der Waals surface area contributed by atoms with E-state index >= 15 is 0 Å². The van der Waals surface area contributed by atoms with E-state index in [1.165, 1.54) is 12.1 Å². The highest BCUT2D eigenvalue weighted by Gasteiger charge is 2.41. The van der Waals surface area contributed by atoms with Gasteiger partial charge in [-0.3, -0.25) is 0 Å². The molecule has 0 fully saturated rings. The quantitative estimate of drug-likeness (QED) is 0.555. The molecule has 2 atom stereocenters. The summed E-state index contributed by atoms with van der Waals surface area (Å²) in [5.74, 6) is 1.28. The average Bonchev–Trinajstić information content (AvgIpc) is 3.19.